The highest BCUT2D eigenvalue weighted by Crippen LogP contribution is 2.31. The van der Waals surface area contributed by atoms with Gasteiger partial charge in [0.2, 0.25) is 10.0 Å². The number of sulfonamides is 1. The maximum Gasteiger partial charge on any atom is 0.228 e. The van der Waals surface area contributed by atoms with E-state index in [4.69, 9.17) is 4.74 Å². The van der Waals surface area contributed by atoms with Crippen molar-refractivity contribution >= 4 is 21.8 Å². The molecule has 1 aliphatic rings. The zero-order chi connectivity index (χ0) is 10.8. The van der Waals surface area contributed by atoms with Crippen LogP contribution in [0.1, 0.15) is 13.8 Å². The van der Waals surface area contributed by atoms with Crippen LogP contribution in [0.3, 0.4) is 0 Å². The molecule has 0 aromatic heterocycles. The molecular formula is C8H17NO3S2. The van der Waals surface area contributed by atoms with Gasteiger partial charge in [0.1, 0.15) is 4.08 Å². The maximum atomic E-state index is 12.1. The number of hydrogen-bond acceptors (Lipinski definition) is 4. The summed E-state index contributed by atoms with van der Waals surface area (Å²) in [7, 11) is -3.20. The molecule has 0 aromatic rings. The lowest BCUT2D eigenvalue weighted by Crippen LogP contribution is -2.47. The normalized spacial score (nSPS) is 21.1. The quantitative estimate of drug-likeness (QED) is 0.729. The van der Waals surface area contributed by atoms with Crippen molar-refractivity contribution in [2.24, 2.45) is 0 Å². The molecule has 0 radical (unpaired) electrons. The summed E-state index contributed by atoms with van der Waals surface area (Å²) in [5, 5.41) is 0. The van der Waals surface area contributed by atoms with Crippen LogP contribution in [0.15, 0.2) is 0 Å². The van der Waals surface area contributed by atoms with Crippen LogP contribution in [0.4, 0.5) is 0 Å². The van der Waals surface area contributed by atoms with E-state index < -0.39 is 14.1 Å². The Kier molecular flexibility index (Phi) is 3.85. The van der Waals surface area contributed by atoms with E-state index in [-0.39, 0.29) is 0 Å². The first kappa shape index (κ1) is 12.3. The minimum absolute atomic E-state index is 0.478. The minimum Gasteiger partial charge on any atom is -0.379 e. The Bertz CT molecular complexity index is 281. The number of nitrogens with zero attached hydrogens (tertiary/aromatic N) is 1. The van der Waals surface area contributed by atoms with Gasteiger partial charge in [-0.15, -0.1) is 11.8 Å². The molecule has 0 aliphatic carbocycles. The molecule has 0 saturated carbocycles. The van der Waals surface area contributed by atoms with Crippen LogP contribution in [-0.4, -0.2) is 49.4 Å². The third-order valence-corrected chi connectivity index (χ3v) is 6.83. The van der Waals surface area contributed by atoms with E-state index in [1.807, 2.05) is 6.26 Å². The van der Waals surface area contributed by atoms with Crippen molar-refractivity contribution < 1.29 is 13.2 Å². The topological polar surface area (TPSA) is 46.6 Å². The lowest BCUT2D eigenvalue weighted by atomic mass is 10.5. The van der Waals surface area contributed by atoms with E-state index in [1.165, 1.54) is 16.1 Å². The van der Waals surface area contributed by atoms with E-state index in [2.05, 4.69) is 0 Å². The van der Waals surface area contributed by atoms with E-state index >= 15 is 0 Å². The number of ether oxygens (including phenoxy) is 1. The van der Waals surface area contributed by atoms with E-state index in [1.54, 1.807) is 13.8 Å². The van der Waals surface area contributed by atoms with Crippen LogP contribution in [-0.2, 0) is 14.8 Å². The lowest BCUT2D eigenvalue weighted by Gasteiger charge is -2.33. The zero-order valence-corrected chi connectivity index (χ0v) is 10.4. The van der Waals surface area contributed by atoms with Gasteiger partial charge in [-0.2, -0.15) is 4.31 Å². The fourth-order valence-corrected chi connectivity index (χ4v) is 3.61. The molecule has 14 heavy (non-hydrogen) atoms. The second-order valence-electron chi connectivity index (χ2n) is 3.62. The third kappa shape index (κ3) is 2.24. The molecule has 1 heterocycles. The Morgan fingerprint density at radius 3 is 2.21 bits per heavy atom. The highest BCUT2D eigenvalue weighted by atomic mass is 32.3. The summed E-state index contributed by atoms with van der Waals surface area (Å²) >= 11 is 1.36. The number of morpholine rings is 1. The lowest BCUT2D eigenvalue weighted by molar-refractivity contribution is 0.0726. The predicted molar refractivity (Wildman–Crippen MR) is 58.9 cm³/mol. The van der Waals surface area contributed by atoms with Crippen LogP contribution in [0.25, 0.3) is 0 Å². The molecule has 1 saturated heterocycles. The van der Waals surface area contributed by atoms with Gasteiger partial charge in [-0.25, -0.2) is 8.42 Å². The second kappa shape index (κ2) is 4.38. The Labute approximate surface area is 90.0 Å². The number of thioether (sulfide) groups is 1. The smallest absolute Gasteiger partial charge is 0.228 e. The first-order valence-electron chi connectivity index (χ1n) is 4.54. The van der Waals surface area contributed by atoms with Gasteiger partial charge in [-0.1, -0.05) is 0 Å². The molecule has 0 unspecified atom stereocenters. The van der Waals surface area contributed by atoms with Crippen LogP contribution < -0.4 is 0 Å². The van der Waals surface area contributed by atoms with Gasteiger partial charge in [0.15, 0.2) is 0 Å². The Hall–Kier alpha value is 0.220. The van der Waals surface area contributed by atoms with Crippen molar-refractivity contribution in [3.05, 3.63) is 0 Å². The van der Waals surface area contributed by atoms with Gasteiger partial charge < -0.3 is 4.74 Å². The molecule has 1 fully saturated rings. The summed E-state index contributed by atoms with van der Waals surface area (Å²) in [4.78, 5) is 0. The van der Waals surface area contributed by atoms with Crippen LogP contribution in [0.2, 0.25) is 0 Å². The van der Waals surface area contributed by atoms with Gasteiger partial charge in [0.25, 0.3) is 0 Å². The summed E-state index contributed by atoms with van der Waals surface area (Å²) in [5.41, 5.74) is 0. The molecule has 0 aromatic carbocycles. The van der Waals surface area contributed by atoms with Gasteiger partial charge in [0, 0.05) is 13.1 Å². The van der Waals surface area contributed by atoms with Crippen molar-refractivity contribution in [1.82, 2.24) is 4.31 Å². The first-order valence-corrected chi connectivity index (χ1v) is 7.21. The first-order chi connectivity index (χ1) is 6.42. The minimum atomic E-state index is -3.20. The zero-order valence-electron chi connectivity index (χ0n) is 8.82. The van der Waals surface area contributed by atoms with Crippen molar-refractivity contribution in [2.45, 2.75) is 17.9 Å². The van der Waals surface area contributed by atoms with E-state index in [0.717, 1.165) is 0 Å². The molecule has 0 amide bonds. The monoisotopic (exact) mass is 239 g/mol. The fourth-order valence-electron chi connectivity index (χ4n) is 1.20. The Morgan fingerprint density at radius 1 is 1.29 bits per heavy atom. The fraction of sp³-hybridized carbons (Fsp3) is 1.00. The van der Waals surface area contributed by atoms with Crippen LogP contribution in [0, 0.1) is 0 Å². The molecule has 1 rings (SSSR count). The second-order valence-corrected chi connectivity index (χ2v) is 7.79. The van der Waals surface area contributed by atoms with Gasteiger partial charge in [-0.3, -0.25) is 0 Å². The molecule has 4 nitrogen and oxygen atoms in total. The Morgan fingerprint density at radius 2 is 1.79 bits per heavy atom. The van der Waals surface area contributed by atoms with Crippen molar-refractivity contribution in [1.29, 1.82) is 0 Å². The van der Waals surface area contributed by atoms with Crippen LogP contribution >= 0.6 is 11.8 Å². The maximum absolute atomic E-state index is 12.1. The summed E-state index contributed by atoms with van der Waals surface area (Å²) < 4.78 is 30.1. The molecule has 0 N–H and O–H groups in total. The Balaban J connectivity index is 2.83. The number of hydrogen-bond donors (Lipinski definition) is 0. The SMILES string of the molecule is CSC(C)(C)S(=O)(=O)N1CCOCC1. The van der Waals surface area contributed by atoms with Crippen molar-refractivity contribution in [2.75, 3.05) is 32.6 Å². The molecule has 6 heteroatoms. The molecule has 0 bridgehead atoms. The highest BCUT2D eigenvalue weighted by Gasteiger charge is 2.39. The van der Waals surface area contributed by atoms with Gasteiger partial charge in [0.05, 0.1) is 13.2 Å². The van der Waals surface area contributed by atoms with Crippen LogP contribution in [0.5, 0.6) is 0 Å². The van der Waals surface area contributed by atoms with Gasteiger partial charge >= 0.3 is 0 Å². The largest absolute Gasteiger partial charge is 0.379 e. The third-order valence-electron chi connectivity index (χ3n) is 2.42. The van der Waals surface area contributed by atoms with Gasteiger partial charge in [-0.05, 0) is 20.1 Å². The highest BCUT2D eigenvalue weighted by molar-refractivity contribution is 8.13. The molecular weight excluding hydrogens is 222 g/mol. The number of rotatable bonds is 3. The van der Waals surface area contributed by atoms with E-state index in [0.29, 0.717) is 26.3 Å². The van der Waals surface area contributed by atoms with Crippen molar-refractivity contribution in [3.63, 3.8) is 0 Å². The summed E-state index contributed by atoms with van der Waals surface area (Å²) in [5.74, 6) is 0. The summed E-state index contributed by atoms with van der Waals surface area (Å²) in [6.07, 6.45) is 1.82. The van der Waals surface area contributed by atoms with Crippen molar-refractivity contribution in [3.8, 4) is 0 Å². The summed E-state index contributed by atoms with van der Waals surface area (Å²) in [6, 6.07) is 0. The molecule has 0 atom stereocenters. The average Bonchev–Trinajstić information content (AvgIpc) is 2.19. The summed E-state index contributed by atoms with van der Waals surface area (Å²) in [6.45, 7) is 5.44. The molecule has 84 valence electrons. The molecule has 0 spiro atoms. The predicted octanol–water partition coefficient (Wildman–Crippen LogP) is 0.748. The molecule has 1 aliphatic heterocycles. The average molecular weight is 239 g/mol. The van der Waals surface area contributed by atoms with E-state index in [9.17, 15) is 8.42 Å². The standard InChI is InChI=1S/C8H17NO3S2/c1-8(2,13-3)14(10,11)9-4-6-12-7-5-9/h4-7H2,1-3H3.